The number of pyridine rings is 1. The molecule has 30 heavy (non-hydrogen) atoms. The molecule has 1 aromatic heterocycles. The van der Waals surface area contributed by atoms with E-state index in [4.69, 9.17) is 9.47 Å². The Morgan fingerprint density at radius 2 is 1.80 bits per heavy atom. The van der Waals surface area contributed by atoms with Crippen molar-refractivity contribution in [1.82, 2.24) is 4.98 Å². The molecular weight excluding hydrogens is 471 g/mol. The minimum atomic E-state index is -4.88. The molecule has 2 aromatic carbocycles. The fourth-order valence-corrected chi connectivity index (χ4v) is 3.16. The average molecular weight is 486 g/mol. The Kier molecular flexibility index (Phi) is 6.06. The number of ether oxygens (including phenoxy) is 4. The number of hydrogen-bond acceptors (Lipinski definition) is 6. The van der Waals surface area contributed by atoms with Gasteiger partial charge in [-0.15, -0.1) is 13.2 Å². The summed E-state index contributed by atoms with van der Waals surface area (Å²) in [5.41, 5.74) is 1.57. The maximum absolute atomic E-state index is 12.9. The third-order valence-electron chi connectivity index (χ3n) is 4.22. The topological polar surface area (TPSA) is 66.9 Å². The fraction of sp³-hybridized carbons (Fsp3) is 0.200. The van der Waals surface area contributed by atoms with Gasteiger partial charge in [0.15, 0.2) is 11.5 Å². The molecule has 0 atom stereocenters. The van der Waals surface area contributed by atoms with Crippen LogP contribution < -0.4 is 14.2 Å². The summed E-state index contributed by atoms with van der Waals surface area (Å²) in [6.07, 6.45) is -4.36. The molecule has 0 radical (unpaired) electrons. The summed E-state index contributed by atoms with van der Waals surface area (Å²) in [4.78, 5) is 15.6. The first-order chi connectivity index (χ1) is 14.1. The van der Waals surface area contributed by atoms with Gasteiger partial charge in [-0.25, -0.2) is 4.79 Å². The van der Waals surface area contributed by atoms with E-state index >= 15 is 0 Å². The van der Waals surface area contributed by atoms with Gasteiger partial charge in [0.2, 0.25) is 0 Å². The van der Waals surface area contributed by atoms with Crippen LogP contribution in [0.25, 0.3) is 10.9 Å². The number of nitrogens with zero attached hydrogens (tertiary/aromatic N) is 1. The van der Waals surface area contributed by atoms with Crippen molar-refractivity contribution in [1.29, 1.82) is 0 Å². The molecule has 1 heterocycles. The number of hydrogen-bond donors (Lipinski definition) is 0. The molecule has 0 fully saturated rings. The number of carbonyl (C=O) groups excluding carboxylic acids is 1. The lowest BCUT2D eigenvalue weighted by Gasteiger charge is -2.18. The van der Waals surface area contributed by atoms with Gasteiger partial charge in [0, 0.05) is 28.2 Å². The molecular formula is C20H15BrF3NO5. The molecule has 3 rings (SSSR count). The predicted molar refractivity (Wildman–Crippen MR) is 105 cm³/mol. The van der Waals surface area contributed by atoms with Crippen LogP contribution in [0, 0.1) is 13.8 Å². The van der Waals surface area contributed by atoms with Crippen molar-refractivity contribution in [3.8, 4) is 23.0 Å². The molecule has 10 heteroatoms. The Morgan fingerprint density at radius 3 is 2.47 bits per heavy atom. The Morgan fingerprint density at radius 1 is 1.07 bits per heavy atom. The number of halogens is 4. The van der Waals surface area contributed by atoms with Gasteiger partial charge in [0.1, 0.15) is 11.5 Å². The number of fused-ring (bicyclic) bond motifs is 1. The molecule has 0 saturated heterocycles. The van der Waals surface area contributed by atoms with Gasteiger partial charge in [-0.3, -0.25) is 4.98 Å². The molecule has 158 valence electrons. The lowest BCUT2D eigenvalue weighted by Crippen LogP contribution is -2.18. The SMILES string of the molecule is COC(=O)Oc1ccnc2cc(Oc3c(OC(F)(F)F)cc(Br)c(C)c3C)ccc12. The zero-order valence-corrected chi connectivity index (χ0v) is 17.6. The average Bonchev–Trinajstić information content (AvgIpc) is 2.68. The quantitative estimate of drug-likeness (QED) is 0.395. The van der Waals surface area contributed by atoms with E-state index < -0.39 is 18.3 Å². The number of rotatable bonds is 4. The van der Waals surface area contributed by atoms with Crippen LogP contribution in [0.1, 0.15) is 11.1 Å². The molecule has 6 nitrogen and oxygen atoms in total. The second-order valence-corrected chi connectivity index (χ2v) is 6.98. The highest BCUT2D eigenvalue weighted by Crippen LogP contribution is 2.42. The van der Waals surface area contributed by atoms with E-state index in [-0.39, 0.29) is 17.2 Å². The van der Waals surface area contributed by atoms with Crippen LogP contribution in [-0.4, -0.2) is 24.6 Å². The molecule has 3 aromatic rings. The first-order valence-corrected chi connectivity index (χ1v) is 9.26. The van der Waals surface area contributed by atoms with Crippen molar-refractivity contribution in [2.75, 3.05) is 7.11 Å². The minimum Gasteiger partial charge on any atom is -0.453 e. The minimum absolute atomic E-state index is 0.0747. The standard InChI is InChI=1S/C20H15BrF3NO5/c1-10-11(2)18(17(9-14(10)21)30-20(22,23)24)28-12-4-5-13-15(8-12)25-7-6-16(13)29-19(26)27-3/h4-9H,1-3H3. The van der Waals surface area contributed by atoms with Crippen LogP contribution in [-0.2, 0) is 4.74 Å². The largest absolute Gasteiger partial charge is 0.573 e. The number of carbonyl (C=O) groups is 1. The third kappa shape index (κ3) is 4.76. The maximum atomic E-state index is 12.9. The van der Waals surface area contributed by atoms with E-state index in [1.807, 2.05) is 0 Å². The first-order valence-electron chi connectivity index (χ1n) is 8.47. The monoisotopic (exact) mass is 485 g/mol. The Hall–Kier alpha value is -3.01. The summed E-state index contributed by atoms with van der Waals surface area (Å²) in [6.45, 7) is 3.36. The van der Waals surface area contributed by atoms with E-state index in [0.29, 0.717) is 26.5 Å². The molecule has 0 aliphatic rings. The Bertz CT molecular complexity index is 1120. The summed E-state index contributed by atoms with van der Waals surface area (Å²) in [6, 6.07) is 7.28. The number of aromatic nitrogens is 1. The van der Waals surface area contributed by atoms with Gasteiger partial charge in [0.05, 0.1) is 12.6 Å². The van der Waals surface area contributed by atoms with Crippen LogP contribution in [0.5, 0.6) is 23.0 Å². The number of benzene rings is 2. The van der Waals surface area contributed by atoms with Crippen LogP contribution in [0.4, 0.5) is 18.0 Å². The van der Waals surface area contributed by atoms with Crippen LogP contribution >= 0.6 is 15.9 Å². The van der Waals surface area contributed by atoms with E-state index in [1.54, 1.807) is 19.9 Å². The second-order valence-electron chi connectivity index (χ2n) is 6.13. The first kappa shape index (κ1) is 21.7. The predicted octanol–water partition coefficient (Wildman–Crippen LogP) is 6.45. The number of methoxy groups -OCH3 is 1. The molecule has 0 aliphatic heterocycles. The fourth-order valence-electron chi connectivity index (χ4n) is 2.65. The van der Waals surface area contributed by atoms with Gasteiger partial charge in [0.25, 0.3) is 0 Å². The van der Waals surface area contributed by atoms with Crippen molar-refractivity contribution >= 4 is 33.0 Å². The van der Waals surface area contributed by atoms with Crippen molar-refractivity contribution in [2.45, 2.75) is 20.2 Å². The van der Waals surface area contributed by atoms with E-state index in [1.165, 1.54) is 37.6 Å². The molecule has 0 unspecified atom stereocenters. The zero-order chi connectivity index (χ0) is 22.1. The highest BCUT2D eigenvalue weighted by atomic mass is 79.9. The van der Waals surface area contributed by atoms with Crippen LogP contribution in [0.2, 0.25) is 0 Å². The smallest absolute Gasteiger partial charge is 0.453 e. The third-order valence-corrected chi connectivity index (χ3v) is 5.05. The van der Waals surface area contributed by atoms with Gasteiger partial charge in [-0.2, -0.15) is 0 Å². The summed E-state index contributed by atoms with van der Waals surface area (Å²) in [5, 5.41) is 0.491. The highest BCUT2D eigenvalue weighted by molar-refractivity contribution is 9.10. The van der Waals surface area contributed by atoms with Gasteiger partial charge >= 0.3 is 12.5 Å². The molecule has 0 bridgehead atoms. The van der Waals surface area contributed by atoms with Crippen LogP contribution in [0.15, 0.2) is 41.0 Å². The summed E-state index contributed by atoms with van der Waals surface area (Å²) in [7, 11) is 1.18. The normalized spacial score (nSPS) is 11.3. The van der Waals surface area contributed by atoms with Crippen molar-refractivity contribution in [2.24, 2.45) is 0 Å². The summed E-state index contributed by atoms with van der Waals surface area (Å²) in [5.74, 6) is -0.111. The molecule has 0 amide bonds. The van der Waals surface area contributed by atoms with E-state index in [9.17, 15) is 18.0 Å². The van der Waals surface area contributed by atoms with Crippen molar-refractivity contribution < 1.29 is 36.9 Å². The Labute approximate surface area is 177 Å². The number of alkyl halides is 3. The zero-order valence-electron chi connectivity index (χ0n) is 16.0. The molecule has 0 spiro atoms. The van der Waals surface area contributed by atoms with E-state index in [2.05, 4.69) is 30.4 Å². The van der Waals surface area contributed by atoms with Gasteiger partial charge in [-0.1, -0.05) is 15.9 Å². The van der Waals surface area contributed by atoms with Crippen molar-refractivity contribution in [3.05, 3.63) is 52.1 Å². The lowest BCUT2D eigenvalue weighted by atomic mass is 10.1. The lowest BCUT2D eigenvalue weighted by molar-refractivity contribution is -0.275. The second kappa shape index (κ2) is 8.39. The van der Waals surface area contributed by atoms with Crippen LogP contribution in [0.3, 0.4) is 0 Å². The van der Waals surface area contributed by atoms with Crippen molar-refractivity contribution in [3.63, 3.8) is 0 Å². The Balaban J connectivity index is 2.02. The molecule has 0 N–H and O–H groups in total. The maximum Gasteiger partial charge on any atom is 0.573 e. The van der Waals surface area contributed by atoms with Gasteiger partial charge < -0.3 is 18.9 Å². The summed E-state index contributed by atoms with van der Waals surface area (Å²) < 4.78 is 58.5. The van der Waals surface area contributed by atoms with E-state index in [0.717, 1.165) is 0 Å². The van der Waals surface area contributed by atoms with Gasteiger partial charge in [-0.05, 0) is 43.2 Å². The molecule has 0 saturated carbocycles. The summed E-state index contributed by atoms with van der Waals surface area (Å²) >= 11 is 3.23. The highest BCUT2D eigenvalue weighted by Gasteiger charge is 2.33. The molecule has 0 aliphatic carbocycles.